The number of nitrogens with zero attached hydrogens (tertiary/aromatic N) is 6. The molecule has 0 unspecified atom stereocenters. The molecule has 0 bridgehead atoms. The highest BCUT2D eigenvalue weighted by Gasteiger charge is 2.22. The van der Waals surface area contributed by atoms with Crippen LogP contribution >= 0.6 is 0 Å². The van der Waals surface area contributed by atoms with Gasteiger partial charge in [-0.2, -0.15) is 5.10 Å². The number of hydrogen-bond donors (Lipinski definition) is 0. The van der Waals surface area contributed by atoms with Crippen molar-refractivity contribution < 1.29 is 14.3 Å². The van der Waals surface area contributed by atoms with Crippen LogP contribution in [0.4, 0.5) is 0 Å². The Morgan fingerprint density at radius 1 is 1.29 bits per heavy atom. The van der Waals surface area contributed by atoms with Crippen molar-refractivity contribution in [3.63, 3.8) is 0 Å². The maximum absolute atomic E-state index is 12.6. The Hall–Kier alpha value is -3.36. The molecule has 0 fully saturated rings. The van der Waals surface area contributed by atoms with Gasteiger partial charge in [-0.15, -0.1) is 5.10 Å². The average molecular weight is 382 g/mol. The monoisotopic (exact) mass is 382 g/mol. The largest absolute Gasteiger partial charge is 0.486 e. The van der Waals surface area contributed by atoms with Gasteiger partial charge in [0.05, 0.1) is 18.9 Å². The SMILES string of the molecule is CN(CCc1cnn(C)c1)C(=O)c1cn(C[C@H]2COc3ccccc3O2)nn1. The van der Waals surface area contributed by atoms with Crippen molar-refractivity contribution in [2.75, 3.05) is 20.2 Å². The lowest BCUT2D eigenvalue weighted by Gasteiger charge is -2.26. The van der Waals surface area contributed by atoms with Gasteiger partial charge >= 0.3 is 0 Å². The second-order valence-corrected chi connectivity index (χ2v) is 6.82. The molecule has 1 aliphatic rings. The van der Waals surface area contributed by atoms with Crippen LogP contribution in [-0.2, 0) is 20.0 Å². The minimum atomic E-state index is -0.192. The number of aryl methyl sites for hydroxylation is 1. The van der Waals surface area contributed by atoms with Crippen LogP contribution in [0, 0.1) is 0 Å². The van der Waals surface area contributed by atoms with E-state index in [0.29, 0.717) is 31.1 Å². The Labute approximate surface area is 162 Å². The minimum absolute atomic E-state index is 0.165. The molecule has 1 amide bonds. The van der Waals surface area contributed by atoms with Crippen LogP contribution in [0.25, 0.3) is 0 Å². The third-order valence-corrected chi connectivity index (χ3v) is 4.56. The maximum Gasteiger partial charge on any atom is 0.275 e. The standard InChI is InChI=1S/C19H22N6O3/c1-23(8-7-14-9-20-24(2)10-14)19(26)16-12-25(22-21-16)11-15-13-27-17-5-3-4-6-18(17)28-15/h3-6,9-10,12,15H,7-8,11,13H2,1-2H3/t15-/m0/s1. The Bertz CT molecular complexity index is 966. The summed E-state index contributed by atoms with van der Waals surface area (Å²) in [6, 6.07) is 7.55. The van der Waals surface area contributed by atoms with Gasteiger partial charge in [-0.25, -0.2) is 4.68 Å². The van der Waals surface area contributed by atoms with Crippen LogP contribution in [0.5, 0.6) is 11.5 Å². The van der Waals surface area contributed by atoms with Crippen molar-refractivity contribution in [1.82, 2.24) is 29.7 Å². The fraction of sp³-hybridized carbons (Fsp3) is 0.368. The van der Waals surface area contributed by atoms with Crippen molar-refractivity contribution in [2.24, 2.45) is 7.05 Å². The summed E-state index contributed by atoms with van der Waals surface area (Å²) in [6.07, 6.45) is 5.93. The normalized spacial score (nSPS) is 15.4. The van der Waals surface area contributed by atoms with Gasteiger partial charge in [0.1, 0.15) is 6.61 Å². The second-order valence-electron chi connectivity index (χ2n) is 6.82. The Morgan fingerprint density at radius 2 is 2.11 bits per heavy atom. The highest BCUT2D eigenvalue weighted by molar-refractivity contribution is 5.91. The number of amides is 1. The molecule has 9 nitrogen and oxygen atoms in total. The van der Waals surface area contributed by atoms with Crippen LogP contribution in [0.15, 0.2) is 42.9 Å². The predicted molar refractivity (Wildman–Crippen MR) is 100 cm³/mol. The first-order chi connectivity index (χ1) is 13.6. The highest BCUT2D eigenvalue weighted by atomic mass is 16.6. The van der Waals surface area contributed by atoms with Crippen LogP contribution in [0.3, 0.4) is 0 Å². The number of likely N-dealkylation sites (N-methyl/N-ethyl adjacent to an activating group) is 1. The summed E-state index contributed by atoms with van der Waals surface area (Å²) in [7, 11) is 3.63. The molecule has 28 heavy (non-hydrogen) atoms. The molecule has 2 aromatic heterocycles. The molecule has 4 rings (SSSR count). The summed E-state index contributed by atoms with van der Waals surface area (Å²) >= 11 is 0. The molecule has 1 aliphatic heterocycles. The zero-order valence-corrected chi connectivity index (χ0v) is 15.9. The van der Waals surface area contributed by atoms with E-state index in [1.807, 2.05) is 37.5 Å². The van der Waals surface area contributed by atoms with Gasteiger partial charge in [0.25, 0.3) is 5.91 Å². The molecule has 1 atom stereocenters. The number of para-hydroxylation sites is 2. The van der Waals surface area contributed by atoms with Gasteiger partial charge in [-0.05, 0) is 24.1 Å². The summed E-state index contributed by atoms with van der Waals surface area (Å²) in [5, 5.41) is 12.2. The molecule has 3 heterocycles. The van der Waals surface area contributed by atoms with E-state index in [1.54, 1.807) is 33.7 Å². The topological polar surface area (TPSA) is 87.3 Å². The van der Waals surface area contributed by atoms with Gasteiger partial charge in [0.15, 0.2) is 23.3 Å². The molecular formula is C19H22N6O3. The van der Waals surface area contributed by atoms with Crippen LogP contribution in [-0.4, -0.2) is 61.9 Å². The van der Waals surface area contributed by atoms with Crippen molar-refractivity contribution >= 4 is 5.91 Å². The van der Waals surface area contributed by atoms with Gasteiger partial charge in [0.2, 0.25) is 0 Å². The van der Waals surface area contributed by atoms with E-state index in [-0.39, 0.29) is 12.0 Å². The highest BCUT2D eigenvalue weighted by Crippen LogP contribution is 2.31. The fourth-order valence-corrected chi connectivity index (χ4v) is 3.04. The number of aromatic nitrogens is 5. The number of hydrogen-bond acceptors (Lipinski definition) is 6. The van der Waals surface area contributed by atoms with Gasteiger partial charge in [0, 0.05) is 26.8 Å². The first kappa shape index (κ1) is 18.0. The Morgan fingerprint density at radius 3 is 2.89 bits per heavy atom. The lowest BCUT2D eigenvalue weighted by atomic mass is 10.2. The molecule has 0 saturated carbocycles. The van der Waals surface area contributed by atoms with E-state index in [2.05, 4.69) is 15.4 Å². The molecule has 0 N–H and O–H groups in total. The first-order valence-electron chi connectivity index (χ1n) is 9.10. The lowest BCUT2D eigenvalue weighted by Crippen LogP contribution is -2.33. The number of benzene rings is 1. The first-order valence-corrected chi connectivity index (χ1v) is 9.10. The molecule has 1 aromatic carbocycles. The molecule has 0 spiro atoms. The second kappa shape index (κ2) is 7.71. The molecular weight excluding hydrogens is 360 g/mol. The smallest absolute Gasteiger partial charge is 0.275 e. The number of carbonyl (C=O) groups excluding carboxylic acids is 1. The molecule has 9 heteroatoms. The number of fused-ring (bicyclic) bond motifs is 1. The van der Waals surface area contributed by atoms with Gasteiger partial charge in [-0.3, -0.25) is 9.48 Å². The zero-order chi connectivity index (χ0) is 19.5. The molecule has 0 saturated heterocycles. The molecule has 146 valence electrons. The van der Waals surface area contributed by atoms with E-state index in [9.17, 15) is 4.79 Å². The van der Waals surface area contributed by atoms with Crippen molar-refractivity contribution in [1.29, 1.82) is 0 Å². The fourth-order valence-electron chi connectivity index (χ4n) is 3.04. The molecule has 0 radical (unpaired) electrons. The molecule has 3 aromatic rings. The van der Waals surface area contributed by atoms with Crippen LogP contribution in [0.2, 0.25) is 0 Å². The predicted octanol–water partition coefficient (Wildman–Crippen LogP) is 1.17. The van der Waals surface area contributed by atoms with Crippen molar-refractivity contribution in [2.45, 2.75) is 19.1 Å². The quantitative estimate of drug-likeness (QED) is 0.636. The number of carbonyl (C=O) groups is 1. The lowest BCUT2D eigenvalue weighted by molar-refractivity contribution is 0.0753. The summed E-state index contributed by atoms with van der Waals surface area (Å²) < 4.78 is 15.0. The third kappa shape index (κ3) is 3.98. The zero-order valence-electron chi connectivity index (χ0n) is 15.9. The molecule has 0 aliphatic carbocycles. The Balaban J connectivity index is 1.33. The van der Waals surface area contributed by atoms with Crippen molar-refractivity contribution in [3.05, 3.63) is 54.1 Å². The minimum Gasteiger partial charge on any atom is -0.486 e. The van der Waals surface area contributed by atoms with E-state index in [4.69, 9.17) is 9.47 Å². The summed E-state index contributed by atoms with van der Waals surface area (Å²) in [6.45, 7) is 1.45. The number of ether oxygens (including phenoxy) is 2. The van der Waals surface area contributed by atoms with E-state index in [1.165, 1.54) is 0 Å². The van der Waals surface area contributed by atoms with Crippen LogP contribution in [0.1, 0.15) is 16.1 Å². The summed E-state index contributed by atoms with van der Waals surface area (Å²) in [5.74, 6) is 1.29. The third-order valence-electron chi connectivity index (χ3n) is 4.56. The summed E-state index contributed by atoms with van der Waals surface area (Å²) in [4.78, 5) is 14.2. The van der Waals surface area contributed by atoms with Gasteiger partial charge < -0.3 is 14.4 Å². The maximum atomic E-state index is 12.6. The summed E-state index contributed by atoms with van der Waals surface area (Å²) in [5.41, 5.74) is 1.39. The van der Waals surface area contributed by atoms with E-state index in [0.717, 1.165) is 17.7 Å². The number of rotatable bonds is 6. The van der Waals surface area contributed by atoms with Gasteiger partial charge in [-0.1, -0.05) is 17.3 Å². The van der Waals surface area contributed by atoms with E-state index < -0.39 is 0 Å². The van der Waals surface area contributed by atoms with E-state index >= 15 is 0 Å². The Kier molecular flexibility index (Phi) is 4.96. The van der Waals surface area contributed by atoms with Crippen molar-refractivity contribution in [3.8, 4) is 11.5 Å². The average Bonchev–Trinajstić information content (AvgIpc) is 3.34. The van der Waals surface area contributed by atoms with Crippen LogP contribution < -0.4 is 9.47 Å².